The fraction of sp³-hybridized carbons (Fsp3) is 0.727. The van der Waals surface area contributed by atoms with E-state index in [-0.39, 0.29) is 0 Å². The van der Waals surface area contributed by atoms with Crippen LogP contribution >= 0.6 is 11.3 Å². The third kappa shape index (κ3) is 2.34. The Morgan fingerprint density at radius 3 is 3.07 bits per heavy atom. The van der Waals surface area contributed by atoms with E-state index in [1.54, 1.807) is 11.3 Å². The summed E-state index contributed by atoms with van der Waals surface area (Å²) in [5.41, 5.74) is 3.15. The van der Waals surface area contributed by atoms with Crippen molar-refractivity contribution in [3.8, 4) is 0 Å². The van der Waals surface area contributed by atoms with Crippen LogP contribution < -0.4 is 5.32 Å². The summed E-state index contributed by atoms with van der Waals surface area (Å²) in [6, 6.07) is 0.813. The molecular weight excluding hydrogens is 192 g/mol. The Kier molecular flexibility index (Phi) is 3.19. The summed E-state index contributed by atoms with van der Waals surface area (Å²) < 4.78 is 0. The maximum atomic E-state index is 4.25. The van der Waals surface area contributed by atoms with E-state index < -0.39 is 0 Å². The van der Waals surface area contributed by atoms with Gasteiger partial charge in [-0.1, -0.05) is 13.3 Å². The smallest absolute Gasteiger partial charge is 0.0797 e. The molecule has 14 heavy (non-hydrogen) atoms. The molecule has 1 aromatic heterocycles. The van der Waals surface area contributed by atoms with Gasteiger partial charge in [-0.25, -0.2) is 4.98 Å². The lowest BCUT2D eigenvalue weighted by Crippen LogP contribution is -2.21. The normalized spacial score (nSPS) is 25.3. The van der Waals surface area contributed by atoms with E-state index in [0.717, 1.165) is 24.9 Å². The molecular formula is C11H18N2S. The van der Waals surface area contributed by atoms with E-state index in [9.17, 15) is 0 Å². The summed E-state index contributed by atoms with van der Waals surface area (Å²) in [5, 5.41) is 3.60. The summed E-state index contributed by atoms with van der Waals surface area (Å²) in [7, 11) is 0. The van der Waals surface area contributed by atoms with Crippen LogP contribution in [0.15, 0.2) is 5.51 Å². The molecule has 2 unspecified atom stereocenters. The Labute approximate surface area is 89.8 Å². The van der Waals surface area contributed by atoms with Gasteiger partial charge in [0.1, 0.15) is 0 Å². The Bertz CT molecular complexity index is 295. The molecule has 2 atom stereocenters. The SMILES string of the molecule is CCC1CC1NCCc1scnc1C. The Hall–Kier alpha value is -0.410. The summed E-state index contributed by atoms with van der Waals surface area (Å²) >= 11 is 1.78. The summed E-state index contributed by atoms with van der Waals surface area (Å²) in [4.78, 5) is 5.69. The Morgan fingerprint density at radius 2 is 2.50 bits per heavy atom. The minimum absolute atomic E-state index is 0.813. The maximum absolute atomic E-state index is 4.25. The second kappa shape index (κ2) is 4.41. The number of rotatable bonds is 5. The maximum Gasteiger partial charge on any atom is 0.0797 e. The summed E-state index contributed by atoms with van der Waals surface area (Å²) in [6.45, 7) is 5.49. The molecule has 0 aromatic carbocycles. The molecule has 3 heteroatoms. The number of hydrogen-bond donors (Lipinski definition) is 1. The predicted molar refractivity (Wildman–Crippen MR) is 60.7 cm³/mol. The fourth-order valence-corrected chi connectivity index (χ4v) is 2.67. The highest BCUT2D eigenvalue weighted by atomic mass is 32.1. The molecule has 0 aliphatic heterocycles. The van der Waals surface area contributed by atoms with E-state index in [2.05, 4.69) is 24.1 Å². The number of thiazole rings is 1. The van der Waals surface area contributed by atoms with Crippen molar-refractivity contribution in [2.45, 2.75) is 39.2 Å². The molecule has 0 spiro atoms. The molecule has 2 nitrogen and oxygen atoms in total. The van der Waals surface area contributed by atoms with Crippen molar-refractivity contribution in [1.82, 2.24) is 10.3 Å². The third-order valence-electron chi connectivity index (χ3n) is 3.05. The van der Waals surface area contributed by atoms with Crippen LogP contribution in [0.1, 0.15) is 30.3 Å². The van der Waals surface area contributed by atoms with Gasteiger partial charge in [0.25, 0.3) is 0 Å². The van der Waals surface area contributed by atoms with Gasteiger partial charge in [0, 0.05) is 17.5 Å². The molecule has 1 aliphatic rings. The number of aryl methyl sites for hydroxylation is 1. The Morgan fingerprint density at radius 1 is 1.64 bits per heavy atom. The van der Waals surface area contributed by atoms with Crippen molar-refractivity contribution in [3.63, 3.8) is 0 Å². The van der Waals surface area contributed by atoms with E-state index in [1.807, 2.05) is 5.51 Å². The van der Waals surface area contributed by atoms with Gasteiger partial charge < -0.3 is 5.32 Å². The quantitative estimate of drug-likeness (QED) is 0.807. The van der Waals surface area contributed by atoms with E-state index in [1.165, 1.54) is 23.4 Å². The molecule has 78 valence electrons. The molecule has 1 saturated carbocycles. The van der Waals surface area contributed by atoms with Crippen molar-refractivity contribution in [1.29, 1.82) is 0 Å². The molecule has 2 rings (SSSR count). The van der Waals surface area contributed by atoms with Crippen LogP contribution in [0.4, 0.5) is 0 Å². The van der Waals surface area contributed by atoms with Gasteiger partial charge in [0.15, 0.2) is 0 Å². The van der Waals surface area contributed by atoms with Crippen LogP contribution in [0, 0.1) is 12.8 Å². The van der Waals surface area contributed by atoms with Crippen LogP contribution in [-0.4, -0.2) is 17.6 Å². The van der Waals surface area contributed by atoms with Crippen molar-refractivity contribution in [2.24, 2.45) is 5.92 Å². The number of hydrogen-bond acceptors (Lipinski definition) is 3. The molecule has 1 fully saturated rings. The lowest BCUT2D eigenvalue weighted by Gasteiger charge is -2.02. The van der Waals surface area contributed by atoms with Crippen molar-refractivity contribution in [2.75, 3.05) is 6.54 Å². The topological polar surface area (TPSA) is 24.9 Å². The first-order valence-electron chi connectivity index (χ1n) is 5.43. The molecule has 1 N–H and O–H groups in total. The van der Waals surface area contributed by atoms with Crippen LogP contribution in [-0.2, 0) is 6.42 Å². The first-order valence-corrected chi connectivity index (χ1v) is 6.31. The highest BCUT2D eigenvalue weighted by Crippen LogP contribution is 2.32. The van der Waals surface area contributed by atoms with Gasteiger partial charge >= 0.3 is 0 Å². The van der Waals surface area contributed by atoms with Crippen LogP contribution in [0.3, 0.4) is 0 Å². The minimum Gasteiger partial charge on any atom is -0.313 e. The van der Waals surface area contributed by atoms with Crippen LogP contribution in [0.2, 0.25) is 0 Å². The van der Waals surface area contributed by atoms with Crippen LogP contribution in [0.25, 0.3) is 0 Å². The van der Waals surface area contributed by atoms with Crippen molar-refractivity contribution in [3.05, 3.63) is 16.1 Å². The average Bonchev–Trinajstić information content (AvgIpc) is 2.83. The van der Waals surface area contributed by atoms with Crippen molar-refractivity contribution >= 4 is 11.3 Å². The second-order valence-electron chi connectivity index (χ2n) is 4.08. The third-order valence-corrected chi connectivity index (χ3v) is 4.05. The minimum atomic E-state index is 0.813. The number of aromatic nitrogens is 1. The van der Waals surface area contributed by atoms with Crippen LogP contribution in [0.5, 0.6) is 0 Å². The lowest BCUT2D eigenvalue weighted by molar-refractivity contribution is 0.624. The van der Waals surface area contributed by atoms with Gasteiger partial charge in [-0.3, -0.25) is 0 Å². The molecule has 1 heterocycles. The van der Waals surface area contributed by atoms with Gasteiger partial charge in [-0.05, 0) is 25.7 Å². The molecule has 1 aromatic rings. The van der Waals surface area contributed by atoms with Gasteiger partial charge in [-0.2, -0.15) is 0 Å². The summed E-state index contributed by atoms with van der Waals surface area (Å²) in [6.07, 6.45) is 3.86. The Balaban J connectivity index is 1.67. The monoisotopic (exact) mass is 210 g/mol. The fourth-order valence-electron chi connectivity index (χ4n) is 1.89. The molecule has 0 amide bonds. The zero-order valence-corrected chi connectivity index (χ0v) is 9.73. The first kappa shape index (κ1) is 10.1. The number of nitrogens with one attached hydrogen (secondary N) is 1. The highest BCUT2D eigenvalue weighted by molar-refractivity contribution is 7.09. The van der Waals surface area contributed by atoms with Crippen molar-refractivity contribution < 1.29 is 0 Å². The standard InChI is InChI=1S/C11H18N2S/c1-3-9-6-10(9)12-5-4-11-8(2)13-7-14-11/h7,9-10,12H,3-6H2,1-2H3. The van der Waals surface area contributed by atoms with E-state index in [0.29, 0.717) is 0 Å². The molecule has 1 aliphatic carbocycles. The van der Waals surface area contributed by atoms with E-state index >= 15 is 0 Å². The zero-order chi connectivity index (χ0) is 9.97. The van der Waals surface area contributed by atoms with Gasteiger partial charge in [0.2, 0.25) is 0 Å². The molecule has 0 radical (unpaired) electrons. The predicted octanol–water partition coefficient (Wildman–Crippen LogP) is 2.38. The van der Waals surface area contributed by atoms with Gasteiger partial charge in [0.05, 0.1) is 11.2 Å². The average molecular weight is 210 g/mol. The lowest BCUT2D eigenvalue weighted by atomic mass is 10.3. The zero-order valence-electron chi connectivity index (χ0n) is 8.92. The molecule has 0 bridgehead atoms. The first-order chi connectivity index (χ1) is 6.81. The highest BCUT2D eigenvalue weighted by Gasteiger charge is 2.34. The molecule has 0 saturated heterocycles. The largest absolute Gasteiger partial charge is 0.313 e. The summed E-state index contributed by atoms with van der Waals surface area (Å²) in [5.74, 6) is 0.956. The van der Waals surface area contributed by atoms with Gasteiger partial charge in [-0.15, -0.1) is 11.3 Å². The second-order valence-corrected chi connectivity index (χ2v) is 5.01. The number of nitrogens with zero attached hydrogens (tertiary/aromatic N) is 1. The van der Waals surface area contributed by atoms with E-state index in [4.69, 9.17) is 0 Å².